The summed E-state index contributed by atoms with van der Waals surface area (Å²) >= 11 is 0. The van der Waals surface area contributed by atoms with Crippen LogP contribution in [-0.4, -0.2) is 48.2 Å². The molecule has 0 spiro atoms. The normalized spacial score (nSPS) is 12.6. The van der Waals surface area contributed by atoms with Crippen molar-refractivity contribution in [3.05, 3.63) is 34.9 Å². The van der Waals surface area contributed by atoms with Crippen LogP contribution in [0.2, 0.25) is 0 Å². The Morgan fingerprint density at radius 2 is 1.37 bits per heavy atom. The first-order valence-electron chi connectivity index (χ1n) is 16.6. The lowest BCUT2D eigenvalue weighted by Gasteiger charge is -2.25. The zero-order valence-electron chi connectivity index (χ0n) is 28.2. The summed E-state index contributed by atoms with van der Waals surface area (Å²) in [6.45, 7) is 14.7. The SMILES string of the molecule is CCCCCCCCCCCCNCc1cccc(C(=O)[C@H](CCCCN)NC(=O)OC(C)(C)C)c1C(=O)OC(C)(C)C. The lowest BCUT2D eigenvalue weighted by Crippen LogP contribution is -2.44. The van der Waals surface area contributed by atoms with Crippen LogP contribution in [0.5, 0.6) is 0 Å². The number of rotatable bonds is 21. The van der Waals surface area contributed by atoms with Crippen LogP contribution in [0.1, 0.15) is 158 Å². The van der Waals surface area contributed by atoms with E-state index in [-0.39, 0.29) is 16.9 Å². The van der Waals surface area contributed by atoms with Crippen molar-refractivity contribution in [2.45, 2.75) is 156 Å². The molecule has 0 saturated carbocycles. The van der Waals surface area contributed by atoms with Gasteiger partial charge in [-0.2, -0.15) is 0 Å². The number of carbonyl (C=O) groups excluding carboxylic acids is 3. The summed E-state index contributed by atoms with van der Waals surface area (Å²) < 4.78 is 11.2. The van der Waals surface area contributed by atoms with Crippen LogP contribution in [0.25, 0.3) is 0 Å². The Kier molecular flexibility index (Phi) is 18.4. The Morgan fingerprint density at radius 3 is 1.93 bits per heavy atom. The van der Waals surface area contributed by atoms with Gasteiger partial charge in [-0.1, -0.05) is 82.9 Å². The standard InChI is InChI=1S/C35H61N3O5/c1-8-9-10-11-12-13-14-15-16-19-25-37-26-27-21-20-22-28(30(27)32(40)42-34(2,3)4)31(39)29(23-17-18-24-36)38-33(41)43-35(5,6)7/h20-22,29,37H,8-19,23-26,36H2,1-7H3,(H,38,41)/t29-/m0/s1. The molecule has 0 unspecified atom stereocenters. The molecule has 0 radical (unpaired) electrons. The lowest BCUT2D eigenvalue weighted by atomic mass is 9.92. The minimum absolute atomic E-state index is 0.237. The number of hydrogen-bond donors (Lipinski definition) is 3. The van der Waals surface area contributed by atoms with Gasteiger partial charge < -0.3 is 25.8 Å². The van der Waals surface area contributed by atoms with Crippen LogP contribution < -0.4 is 16.4 Å². The van der Waals surface area contributed by atoms with E-state index in [4.69, 9.17) is 15.2 Å². The molecular weight excluding hydrogens is 542 g/mol. The molecule has 0 aliphatic rings. The summed E-state index contributed by atoms with van der Waals surface area (Å²) in [5.41, 5.74) is 5.42. The molecule has 0 aromatic heterocycles. The zero-order chi connectivity index (χ0) is 32.3. The maximum absolute atomic E-state index is 13.9. The Morgan fingerprint density at radius 1 is 0.791 bits per heavy atom. The van der Waals surface area contributed by atoms with E-state index in [1.165, 1.54) is 57.8 Å². The number of ether oxygens (including phenoxy) is 2. The van der Waals surface area contributed by atoms with Gasteiger partial charge in [-0.15, -0.1) is 0 Å². The van der Waals surface area contributed by atoms with E-state index < -0.39 is 29.3 Å². The van der Waals surface area contributed by atoms with Gasteiger partial charge in [0.15, 0.2) is 5.78 Å². The summed E-state index contributed by atoms with van der Waals surface area (Å²) in [5.74, 6) is -0.898. The lowest BCUT2D eigenvalue weighted by molar-refractivity contribution is 0.00662. The van der Waals surface area contributed by atoms with Gasteiger partial charge in [0.2, 0.25) is 0 Å². The number of carbonyl (C=O) groups is 3. The average molecular weight is 604 g/mol. The average Bonchev–Trinajstić information content (AvgIpc) is 2.90. The molecular formula is C35H61N3O5. The fourth-order valence-electron chi connectivity index (χ4n) is 4.88. The van der Waals surface area contributed by atoms with Crippen molar-refractivity contribution >= 4 is 17.8 Å². The van der Waals surface area contributed by atoms with Crippen LogP contribution in [-0.2, 0) is 16.0 Å². The van der Waals surface area contributed by atoms with E-state index in [0.29, 0.717) is 37.9 Å². The molecule has 8 nitrogen and oxygen atoms in total. The minimum Gasteiger partial charge on any atom is -0.456 e. The Labute approximate surface area is 261 Å². The summed E-state index contributed by atoms with van der Waals surface area (Å²) in [4.78, 5) is 40.1. The highest BCUT2D eigenvalue weighted by atomic mass is 16.6. The van der Waals surface area contributed by atoms with Gasteiger partial charge in [0.05, 0.1) is 11.6 Å². The van der Waals surface area contributed by atoms with Gasteiger partial charge in [0.25, 0.3) is 0 Å². The van der Waals surface area contributed by atoms with Crippen molar-refractivity contribution in [1.29, 1.82) is 0 Å². The summed E-state index contributed by atoms with van der Waals surface area (Å²) in [6, 6.07) is 4.41. The number of hydrogen-bond acceptors (Lipinski definition) is 7. The predicted molar refractivity (Wildman–Crippen MR) is 176 cm³/mol. The second-order valence-corrected chi connectivity index (χ2v) is 13.5. The molecule has 1 aromatic carbocycles. The number of nitrogens with two attached hydrogens (primary N) is 1. The third kappa shape index (κ3) is 17.4. The van der Waals surface area contributed by atoms with Crippen molar-refractivity contribution in [1.82, 2.24) is 10.6 Å². The van der Waals surface area contributed by atoms with Crippen LogP contribution >= 0.6 is 0 Å². The molecule has 1 atom stereocenters. The monoisotopic (exact) mass is 603 g/mol. The molecule has 0 heterocycles. The van der Waals surface area contributed by atoms with E-state index in [0.717, 1.165) is 13.0 Å². The molecule has 8 heteroatoms. The van der Waals surface area contributed by atoms with Crippen LogP contribution in [0.15, 0.2) is 18.2 Å². The molecule has 43 heavy (non-hydrogen) atoms. The number of esters is 1. The number of benzene rings is 1. The number of amides is 1. The summed E-state index contributed by atoms with van der Waals surface area (Å²) in [7, 11) is 0. The number of Topliss-reactive ketones (excluding diaryl/α,β-unsaturated/α-hetero) is 1. The van der Waals surface area contributed by atoms with E-state index >= 15 is 0 Å². The van der Waals surface area contributed by atoms with Crippen LogP contribution in [0.3, 0.4) is 0 Å². The largest absolute Gasteiger partial charge is 0.456 e. The first kappa shape index (κ1) is 38.6. The molecule has 0 aliphatic carbocycles. The molecule has 1 amide bonds. The maximum atomic E-state index is 13.9. The fourth-order valence-corrected chi connectivity index (χ4v) is 4.88. The van der Waals surface area contributed by atoms with Crippen molar-refractivity contribution < 1.29 is 23.9 Å². The van der Waals surface area contributed by atoms with Crippen molar-refractivity contribution in [3.63, 3.8) is 0 Å². The predicted octanol–water partition coefficient (Wildman–Crippen LogP) is 7.86. The van der Waals surface area contributed by atoms with E-state index in [1.807, 2.05) is 6.07 Å². The third-order valence-corrected chi connectivity index (χ3v) is 7.00. The number of ketones is 1. The van der Waals surface area contributed by atoms with E-state index in [9.17, 15) is 14.4 Å². The van der Waals surface area contributed by atoms with Crippen LogP contribution in [0.4, 0.5) is 4.79 Å². The highest BCUT2D eigenvalue weighted by molar-refractivity contribution is 6.10. The number of unbranched alkanes of at least 4 members (excludes halogenated alkanes) is 10. The smallest absolute Gasteiger partial charge is 0.408 e. The Bertz CT molecular complexity index is 965. The van der Waals surface area contributed by atoms with Gasteiger partial charge >= 0.3 is 12.1 Å². The van der Waals surface area contributed by atoms with Gasteiger partial charge in [0, 0.05) is 12.1 Å². The number of alkyl carbamates (subject to hydrolysis) is 1. The summed E-state index contributed by atoms with van der Waals surface area (Å²) in [5, 5.41) is 6.20. The van der Waals surface area contributed by atoms with E-state index in [2.05, 4.69) is 17.6 Å². The molecule has 1 aromatic rings. The van der Waals surface area contributed by atoms with Gasteiger partial charge in [-0.05, 0) is 85.9 Å². The molecule has 0 aliphatic heterocycles. The van der Waals surface area contributed by atoms with Crippen molar-refractivity contribution in [3.8, 4) is 0 Å². The summed E-state index contributed by atoms with van der Waals surface area (Å²) in [6.07, 6.45) is 13.8. The number of nitrogens with one attached hydrogen (secondary N) is 2. The molecule has 1 rings (SSSR count). The van der Waals surface area contributed by atoms with Gasteiger partial charge in [-0.3, -0.25) is 4.79 Å². The van der Waals surface area contributed by atoms with Gasteiger partial charge in [-0.25, -0.2) is 9.59 Å². The first-order chi connectivity index (χ1) is 20.3. The minimum atomic E-state index is -0.863. The highest BCUT2D eigenvalue weighted by Crippen LogP contribution is 2.23. The maximum Gasteiger partial charge on any atom is 0.408 e. The first-order valence-corrected chi connectivity index (χ1v) is 16.6. The topological polar surface area (TPSA) is 120 Å². The second-order valence-electron chi connectivity index (χ2n) is 13.5. The third-order valence-electron chi connectivity index (χ3n) is 7.00. The Balaban J connectivity index is 2.99. The highest BCUT2D eigenvalue weighted by Gasteiger charge is 2.31. The van der Waals surface area contributed by atoms with Gasteiger partial charge in [0.1, 0.15) is 11.2 Å². The second kappa shape index (κ2) is 20.5. The molecule has 4 N–H and O–H groups in total. The molecule has 0 fully saturated rings. The quantitative estimate of drug-likeness (QED) is 0.0743. The van der Waals surface area contributed by atoms with E-state index in [1.54, 1.807) is 53.7 Å². The molecule has 0 saturated heterocycles. The van der Waals surface area contributed by atoms with Crippen molar-refractivity contribution in [2.75, 3.05) is 13.1 Å². The fraction of sp³-hybridized carbons (Fsp3) is 0.743. The van der Waals surface area contributed by atoms with Crippen LogP contribution in [0, 0.1) is 0 Å². The molecule has 246 valence electrons. The van der Waals surface area contributed by atoms with Crippen molar-refractivity contribution in [2.24, 2.45) is 5.73 Å². The molecule has 0 bridgehead atoms. The Hall–Kier alpha value is -2.45. The zero-order valence-corrected chi connectivity index (χ0v) is 28.2.